The van der Waals surface area contributed by atoms with Gasteiger partial charge < -0.3 is 10.1 Å². The quantitative estimate of drug-likeness (QED) is 0.429. The van der Waals surface area contributed by atoms with Crippen LogP contribution in [0.15, 0.2) is 10.7 Å². The van der Waals surface area contributed by atoms with Crippen LogP contribution in [0.1, 0.15) is 33.1 Å². The first-order chi connectivity index (χ1) is 9.12. The summed E-state index contributed by atoms with van der Waals surface area (Å²) in [7, 11) is 1.43. The predicted octanol–water partition coefficient (Wildman–Crippen LogP) is 2.34. The lowest BCUT2D eigenvalue weighted by atomic mass is 9.95. The van der Waals surface area contributed by atoms with Gasteiger partial charge in [0.05, 0.1) is 7.11 Å². The molecule has 0 aliphatic carbocycles. The second-order valence-corrected chi connectivity index (χ2v) is 6.49. The first kappa shape index (κ1) is 16.4. The number of hydrogen-bond acceptors (Lipinski definition) is 7. The lowest BCUT2D eigenvalue weighted by Crippen LogP contribution is -2.50. The van der Waals surface area contributed by atoms with Gasteiger partial charge in [-0.2, -0.15) is 4.37 Å². The number of aromatic nitrogens is 2. The van der Waals surface area contributed by atoms with Crippen molar-refractivity contribution in [2.24, 2.45) is 0 Å². The third-order valence-corrected chi connectivity index (χ3v) is 4.72. The van der Waals surface area contributed by atoms with E-state index in [0.29, 0.717) is 0 Å². The Bertz CT molecular complexity index is 373. The van der Waals surface area contributed by atoms with E-state index in [1.165, 1.54) is 18.6 Å². The smallest absolute Gasteiger partial charge is 0.325 e. The van der Waals surface area contributed by atoms with Crippen LogP contribution in [0.4, 0.5) is 0 Å². The van der Waals surface area contributed by atoms with Crippen molar-refractivity contribution in [1.82, 2.24) is 14.7 Å². The summed E-state index contributed by atoms with van der Waals surface area (Å²) in [5.74, 6) is 0.810. The summed E-state index contributed by atoms with van der Waals surface area (Å²) in [5.41, 5.74) is -0.573. The molecule has 0 aromatic carbocycles. The number of carbonyl (C=O) groups is 1. The van der Waals surface area contributed by atoms with Gasteiger partial charge in [0.15, 0.2) is 4.34 Å². The molecule has 0 amide bonds. The Hall–Kier alpha value is -0.660. The molecule has 108 valence electrons. The van der Waals surface area contributed by atoms with Crippen LogP contribution in [0.5, 0.6) is 0 Å². The Morgan fingerprint density at radius 2 is 2.37 bits per heavy atom. The number of rotatable bonds is 9. The Morgan fingerprint density at radius 1 is 1.58 bits per heavy atom. The summed E-state index contributed by atoms with van der Waals surface area (Å²) < 4.78 is 9.82. The van der Waals surface area contributed by atoms with Gasteiger partial charge in [0.1, 0.15) is 11.9 Å². The fourth-order valence-electron chi connectivity index (χ4n) is 1.84. The number of hydrogen-bond donors (Lipinski definition) is 1. The van der Waals surface area contributed by atoms with E-state index >= 15 is 0 Å². The summed E-state index contributed by atoms with van der Waals surface area (Å²) >= 11 is 3.13. The lowest BCUT2D eigenvalue weighted by molar-refractivity contribution is -0.148. The molecule has 1 aromatic rings. The van der Waals surface area contributed by atoms with Crippen molar-refractivity contribution in [3.05, 3.63) is 6.33 Å². The molecule has 1 rings (SSSR count). The van der Waals surface area contributed by atoms with Crippen molar-refractivity contribution in [2.45, 2.75) is 43.0 Å². The molecular formula is C12H21N3O2S2. The average Bonchev–Trinajstić information content (AvgIpc) is 2.91. The molecule has 0 fully saturated rings. The maximum atomic E-state index is 11.8. The van der Waals surface area contributed by atoms with Crippen molar-refractivity contribution in [3.63, 3.8) is 0 Å². The normalized spacial score (nSPS) is 14.1. The summed E-state index contributed by atoms with van der Waals surface area (Å²) in [4.78, 5) is 15.9. The van der Waals surface area contributed by atoms with Gasteiger partial charge in [-0.3, -0.25) is 4.79 Å². The van der Waals surface area contributed by atoms with Crippen LogP contribution in [0.2, 0.25) is 0 Å². The minimum atomic E-state index is -0.573. The lowest BCUT2D eigenvalue weighted by Gasteiger charge is -2.27. The number of thioether (sulfide) groups is 1. The second-order valence-electron chi connectivity index (χ2n) is 4.37. The predicted molar refractivity (Wildman–Crippen MR) is 78.6 cm³/mol. The molecule has 0 saturated carbocycles. The number of nitrogens with one attached hydrogen (secondary N) is 1. The highest BCUT2D eigenvalue weighted by atomic mass is 32.2. The number of methoxy groups -OCH3 is 1. The molecule has 0 bridgehead atoms. The van der Waals surface area contributed by atoms with Crippen LogP contribution in [-0.4, -0.2) is 40.3 Å². The number of nitrogens with zero attached hydrogens (tertiary/aromatic N) is 2. The fraction of sp³-hybridized carbons (Fsp3) is 0.750. The van der Waals surface area contributed by atoms with E-state index in [9.17, 15) is 4.79 Å². The zero-order valence-electron chi connectivity index (χ0n) is 11.6. The summed E-state index contributed by atoms with van der Waals surface area (Å²) in [6, 6.07) is 0. The summed E-state index contributed by atoms with van der Waals surface area (Å²) in [5, 5.41) is 3.21. The van der Waals surface area contributed by atoms with E-state index in [-0.39, 0.29) is 5.97 Å². The molecule has 19 heavy (non-hydrogen) atoms. The van der Waals surface area contributed by atoms with Gasteiger partial charge >= 0.3 is 5.97 Å². The molecule has 1 heterocycles. The van der Waals surface area contributed by atoms with Gasteiger partial charge in [0, 0.05) is 5.75 Å². The molecule has 0 aliphatic heterocycles. The minimum absolute atomic E-state index is 0.189. The van der Waals surface area contributed by atoms with Crippen molar-refractivity contribution in [2.75, 3.05) is 19.4 Å². The van der Waals surface area contributed by atoms with Crippen LogP contribution in [0, 0.1) is 0 Å². The van der Waals surface area contributed by atoms with Crippen molar-refractivity contribution in [3.8, 4) is 0 Å². The van der Waals surface area contributed by atoms with Gasteiger partial charge in [0.25, 0.3) is 0 Å². The third-order valence-electron chi connectivity index (χ3n) is 2.84. The molecule has 0 aliphatic rings. The highest BCUT2D eigenvalue weighted by molar-refractivity contribution is 8.00. The Balaban J connectivity index is 2.26. The maximum Gasteiger partial charge on any atom is 0.325 e. The fourth-order valence-corrected chi connectivity index (χ4v) is 3.36. The van der Waals surface area contributed by atoms with Gasteiger partial charge in [-0.1, -0.05) is 25.1 Å². The molecular weight excluding hydrogens is 282 g/mol. The number of ether oxygens (including phenoxy) is 1. The zero-order chi connectivity index (χ0) is 14.1. The van der Waals surface area contributed by atoms with Crippen LogP contribution < -0.4 is 5.32 Å². The summed E-state index contributed by atoms with van der Waals surface area (Å²) in [6.07, 6.45) is 4.38. The highest BCUT2D eigenvalue weighted by Gasteiger charge is 2.32. The molecule has 1 aromatic heterocycles. The van der Waals surface area contributed by atoms with Gasteiger partial charge in [-0.15, -0.1) is 0 Å². The number of likely N-dealkylation sites (N-methyl/N-ethyl adjacent to an activating group) is 1. The third kappa shape index (κ3) is 5.46. The maximum absolute atomic E-state index is 11.8. The largest absolute Gasteiger partial charge is 0.468 e. The first-order valence-corrected chi connectivity index (χ1v) is 8.11. The topological polar surface area (TPSA) is 64.1 Å². The molecule has 0 radical (unpaired) electrons. The molecule has 0 spiro atoms. The van der Waals surface area contributed by atoms with Crippen LogP contribution in [-0.2, 0) is 9.53 Å². The van der Waals surface area contributed by atoms with E-state index in [1.54, 1.807) is 18.1 Å². The van der Waals surface area contributed by atoms with Crippen LogP contribution in [0.25, 0.3) is 0 Å². The van der Waals surface area contributed by atoms with Crippen LogP contribution in [0.3, 0.4) is 0 Å². The SMILES string of the molecule is CCNC(C)(CCCCSc1ncns1)C(=O)OC. The number of carbonyl (C=O) groups excluding carboxylic acids is 1. The molecule has 1 N–H and O–H groups in total. The van der Waals surface area contributed by atoms with Gasteiger partial charge in [-0.25, -0.2) is 4.98 Å². The van der Waals surface area contributed by atoms with E-state index in [2.05, 4.69) is 14.7 Å². The highest BCUT2D eigenvalue weighted by Crippen LogP contribution is 2.22. The van der Waals surface area contributed by atoms with Crippen molar-refractivity contribution < 1.29 is 9.53 Å². The standard InChI is InChI=1S/C12H21N3O2S2/c1-4-14-12(2,10(16)17-3)7-5-6-8-18-11-13-9-15-19-11/h9,14H,4-8H2,1-3H3. The Morgan fingerprint density at radius 3 is 2.95 bits per heavy atom. The molecule has 0 saturated heterocycles. The monoisotopic (exact) mass is 303 g/mol. The number of unbranched alkanes of at least 4 members (excludes halogenated alkanes) is 1. The molecule has 1 atom stereocenters. The van der Waals surface area contributed by atoms with E-state index in [4.69, 9.17) is 4.74 Å². The van der Waals surface area contributed by atoms with E-state index in [0.717, 1.165) is 35.9 Å². The molecule has 7 heteroatoms. The summed E-state index contributed by atoms with van der Waals surface area (Å²) in [6.45, 7) is 4.65. The van der Waals surface area contributed by atoms with E-state index in [1.807, 2.05) is 13.8 Å². The molecule has 1 unspecified atom stereocenters. The zero-order valence-corrected chi connectivity index (χ0v) is 13.3. The van der Waals surface area contributed by atoms with Crippen LogP contribution >= 0.6 is 23.3 Å². The molecule has 5 nitrogen and oxygen atoms in total. The van der Waals surface area contributed by atoms with Gasteiger partial charge in [-0.05, 0) is 37.8 Å². The first-order valence-electron chi connectivity index (χ1n) is 6.35. The van der Waals surface area contributed by atoms with E-state index < -0.39 is 5.54 Å². The average molecular weight is 303 g/mol. The Labute approximate surface area is 122 Å². The Kier molecular flexibility index (Phi) is 7.33. The van der Waals surface area contributed by atoms with Crippen molar-refractivity contribution in [1.29, 1.82) is 0 Å². The minimum Gasteiger partial charge on any atom is -0.468 e. The van der Waals surface area contributed by atoms with Gasteiger partial charge in [0.2, 0.25) is 0 Å². The number of esters is 1. The van der Waals surface area contributed by atoms with Crippen molar-refractivity contribution >= 4 is 29.3 Å². The second kappa shape index (κ2) is 8.50.